The van der Waals surface area contributed by atoms with Gasteiger partial charge in [0, 0.05) is 6.08 Å². The molecule has 0 aromatic heterocycles. The van der Waals surface area contributed by atoms with Crippen molar-refractivity contribution in [1.29, 1.82) is 5.26 Å². The van der Waals surface area contributed by atoms with Crippen LogP contribution in [0.2, 0.25) is 0 Å². The van der Waals surface area contributed by atoms with Crippen LogP contribution in [0.15, 0.2) is 11.6 Å². The molecule has 0 N–H and O–H groups in total. The Kier molecular flexibility index (Phi) is 6.68. The molecule has 3 nitrogen and oxygen atoms in total. The van der Waals surface area contributed by atoms with Gasteiger partial charge in [0.05, 0.1) is 11.9 Å². The SMILES string of the molecule is CCOC(=O)C(C#N)=CC#CCBr. The highest BCUT2D eigenvalue weighted by molar-refractivity contribution is 9.09. The summed E-state index contributed by atoms with van der Waals surface area (Å²) in [6, 6.07) is 1.71. The molecule has 0 heterocycles. The lowest BCUT2D eigenvalue weighted by Gasteiger charge is -1.96. The van der Waals surface area contributed by atoms with Gasteiger partial charge >= 0.3 is 5.97 Å². The van der Waals surface area contributed by atoms with Gasteiger partial charge < -0.3 is 4.74 Å². The molecular formula is C9H8BrNO2. The number of nitrogens with zero attached hydrogens (tertiary/aromatic N) is 1. The fourth-order valence-corrected chi connectivity index (χ4v) is 0.669. The lowest BCUT2D eigenvalue weighted by atomic mass is 10.3. The topological polar surface area (TPSA) is 50.1 Å². The molecule has 68 valence electrons. The molecule has 0 fully saturated rings. The summed E-state index contributed by atoms with van der Waals surface area (Å²) in [7, 11) is 0. The van der Waals surface area contributed by atoms with Crippen molar-refractivity contribution in [3.05, 3.63) is 11.6 Å². The molecule has 0 aromatic carbocycles. The number of nitriles is 1. The number of halogens is 1. The van der Waals surface area contributed by atoms with Crippen LogP contribution >= 0.6 is 15.9 Å². The summed E-state index contributed by atoms with van der Waals surface area (Å²) >= 11 is 3.09. The van der Waals surface area contributed by atoms with Crippen molar-refractivity contribution >= 4 is 21.9 Å². The van der Waals surface area contributed by atoms with Crippen LogP contribution in [-0.2, 0) is 9.53 Å². The third kappa shape index (κ3) is 5.05. The molecule has 0 spiro atoms. The van der Waals surface area contributed by atoms with Crippen molar-refractivity contribution in [2.45, 2.75) is 6.92 Å². The second-order valence-electron chi connectivity index (χ2n) is 1.85. The van der Waals surface area contributed by atoms with Gasteiger partial charge in [-0.15, -0.1) is 0 Å². The molecule has 0 aliphatic carbocycles. The number of alkyl halides is 1. The van der Waals surface area contributed by atoms with Crippen molar-refractivity contribution in [3.8, 4) is 17.9 Å². The fourth-order valence-electron chi connectivity index (χ4n) is 0.507. The minimum absolute atomic E-state index is 0.0738. The quantitative estimate of drug-likeness (QED) is 0.242. The van der Waals surface area contributed by atoms with E-state index in [1.165, 1.54) is 6.08 Å². The number of rotatable bonds is 2. The minimum atomic E-state index is -0.631. The highest BCUT2D eigenvalue weighted by atomic mass is 79.9. The number of hydrogen-bond donors (Lipinski definition) is 0. The van der Waals surface area contributed by atoms with Gasteiger partial charge in [-0.25, -0.2) is 4.79 Å². The third-order valence-corrected chi connectivity index (χ3v) is 1.28. The third-order valence-electron chi connectivity index (χ3n) is 1.00. The summed E-state index contributed by atoms with van der Waals surface area (Å²) < 4.78 is 4.62. The predicted molar refractivity (Wildman–Crippen MR) is 51.9 cm³/mol. The lowest BCUT2D eigenvalue weighted by Crippen LogP contribution is -2.05. The van der Waals surface area contributed by atoms with Crippen molar-refractivity contribution in [2.75, 3.05) is 11.9 Å². The van der Waals surface area contributed by atoms with Crippen LogP contribution in [0.3, 0.4) is 0 Å². The lowest BCUT2D eigenvalue weighted by molar-refractivity contribution is -0.138. The molecule has 0 amide bonds. The van der Waals surface area contributed by atoms with Gasteiger partial charge in [-0.2, -0.15) is 5.26 Å². The van der Waals surface area contributed by atoms with E-state index < -0.39 is 5.97 Å². The van der Waals surface area contributed by atoms with Gasteiger partial charge in [0.15, 0.2) is 0 Å². The molecule has 0 atom stereocenters. The van der Waals surface area contributed by atoms with Crippen molar-refractivity contribution in [3.63, 3.8) is 0 Å². The molecule has 13 heavy (non-hydrogen) atoms. The Morgan fingerprint density at radius 3 is 2.85 bits per heavy atom. The monoisotopic (exact) mass is 241 g/mol. The Balaban J connectivity index is 4.43. The molecule has 0 aliphatic heterocycles. The van der Waals surface area contributed by atoms with E-state index in [0.717, 1.165) is 0 Å². The van der Waals surface area contributed by atoms with E-state index in [1.807, 2.05) is 0 Å². The maximum absolute atomic E-state index is 11.0. The van der Waals surface area contributed by atoms with E-state index in [9.17, 15) is 4.79 Å². The number of esters is 1. The molecule has 0 saturated heterocycles. The Morgan fingerprint density at radius 2 is 2.38 bits per heavy atom. The zero-order valence-electron chi connectivity index (χ0n) is 7.13. The van der Waals surface area contributed by atoms with Crippen molar-refractivity contribution in [2.24, 2.45) is 0 Å². The Bertz CT molecular complexity index is 304. The first kappa shape index (κ1) is 11.7. The Labute approximate surface area is 85.5 Å². The largest absolute Gasteiger partial charge is 0.462 e. The van der Waals surface area contributed by atoms with Gasteiger partial charge in [-0.1, -0.05) is 27.8 Å². The van der Waals surface area contributed by atoms with Crippen LogP contribution in [-0.4, -0.2) is 17.9 Å². The zero-order chi connectivity index (χ0) is 10.1. The van der Waals surface area contributed by atoms with E-state index in [-0.39, 0.29) is 12.2 Å². The molecule has 0 aliphatic rings. The number of carbonyl (C=O) groups excluding carboxylic acids is 1. The smallest absolute Gasteiger partial charge is 0.349 e. The van der Waals surface area contributed by atoms with Gasteiger partial charge in [0.25, 0.3) is 0 Å². The first-order valence-corrected chi connectivity index (χ1v) is 4.70. The molecule has 0 aromatic rings. The standard InChI is InChI=1S/C9H8BrNO2/c1-2-13-9(12)8(7-11)5-3-4-6-10/h5H,2,6H2,1H3. The van der Waals surface area contributed by atoms with Crippen molar-refractivity contribution < 1.29 is 9.53 Å². The van der Waals surface area contributed by atoms with Crippen LogP contribution in [0.4, 0.5) is 0 Å². The predicted octanol–water partition coefficient (Wildman–Crippen LogP) is 1.40. The molecular weight excluding hydrogens is 234 g/mol. The van der Waals surface area contributed by atoms with E-state index in [4.69, 9.17) is 5.26 Å². The van der Waals surface area contributed by atoms with Crippen LogP contribution in [0, 0.1) is 23.2 Å². The second kappa shape index (κ2) is 7.39. The molecule has 0 unspecified atom stereocenters. The first-order valence-electron chi connectivity index (χ1n) is 3.58. The highest BCUT2D eigenvalue weighted by Crippen LogP contribution is 1.95. The van der Waals surface area contributed by atoms with E-state index in [0.29, 0.717) is 5.33 Å². The van der Waals surface area contributed by atoms with E-state index >= 15 is 0 Å². The van der Waals surface area contributed by atoms with Crippen LogP contribution in [0.1, 0.15) is 6.92 Å². The number of ether oxygens (including phenoxy) is 1. The summed E-state index contributed by atoms with van der Waals surface area (Å²) in [5.41, 5.74) is -0.0738. The Hall–Kier alpha value is -1.26. The summed E-state index contributed by atoms with van der Waals surface area (Å²) in [6.07, 6.45) is 1.25. The summed E-state index contributed by atoms with van der Waals surface area (Å²) in [6.45, 7) is 1.93. The van der Waals surface area contributed by atoms with Crippen LogP contribution in [0.25, 0.3) is 0 Å². The number of allylic oxidation sites excluding steroid dienone is 1. The van der Waals surface area contributed by atoms with Crippen LogP contribution < -0.4 is 0 Å². The van der Waals surface area contributed by atoms with E-state index in [2.05, 4.69) is 32.5 Å². The maximum atomic E-state index is 11.0. The summed E-state index contributed by atoms with van der Waals surface area (Å²) in [4.78, 5) is 11.0. The van der Waals surface area contributed by atoms with E-state index in [1.54, 1.807) is 13.0 Å². The molecule has 4 heteroatoms. The average molecular weight is 242 g/mol. The normalized spacial score (nSPS) is 9.46. The maximum Gasteiger partial charge on any atom is 0.349 e. The van der Waals surface area contributed by atoms with Crippen LogP contribution in [0.5, 0.6) is 0 Å². The second-order valence-corrected chi connectivity index (χ2v) is 2.41. The summed E-state index contributed by atoms with van der Waals surface area (Å²) in [5.74, 6) is 4.55. The highest BCUT2D eigenvalue weighted by Gasteiger charge is 2.07. The molecule has 0 radical (unpaired) electrons. The van der Waals surface area contributed by atoms with Gasteiger partial charge in [0.1, 0.15) is 11.6 Å². The summed E-state index contributed by atoms with van der Waals surface area (Å²) in [5, 5.41) is 9.03. The molecule has 0 saturated carbocycles. The van der Waals surface area contributed by atoms with Gasteiger partial charge in [-0.05, 0) is 6.92 Å². The van der Waals surface area contributed by atoms with Gasteiger partial charge in [-0.3, -0.25) is 0 Å². The van der Waals surface area contributed by atoms with Gasteiger partial charge in [0.2, 0.25) is 0 Å². The minimum Gasteiger partial charge on any atom is -0.462 e. The zero-order valence-corrected chi connectivity index (χ0v) is 8.72. The average Bonchev–Trinajstić information content (AvgIpc) is 2.13. The molecule has 0 rings (SSSR count). The first-order chi connectivity index (χ1) is 6.26. The number of hydrogen-bond acceptors (Lipinski definition) is 3. The number of carbonyl (C=O) groups is 1. The fraction of sp³-hybridized carbons (Fsp3) is 0.333. The molecule has 0 bridgehead atoms. The van der Waals surface area contributed by atoms with Crippen molar-refractivity contribution in [1.82, 2.24) is 0 Å². The Morgan fingerprint density at radius 1 is 1.69 bits per heavy atom.